The van der Waals surface area contributed by atoms with Gasteiger partial charge < -0.3 is 10.1 Å². The van der Waals surface area contributed by atoms with Crippen molar-refractivity contribution in [2.45, 2.75) is 0 Å². The van der Waals surface area contributed by atoms with Crippen molar-refractivity contribution >= 4 is 23.8 Å². The molecule has 1 amide bonds. The van der Waals surface area contributed by atoms with Crippen LogP contribution in [0.1, 0.15) is 10.4 Å². The minimum Gasteiger partial charge on any atom is -0.497 e. The minimum absolute atomic E-state index is 0.229. The number of anilines is 1. The molecule has 0 atom stereocenters. The van der Waals surface area contributed by atoms with E-state index in [4.69, 9.17) is 17.0 Å². The van der Waals surface area contributed by atoms with Crippen LogP contribution in [0.15, 0.2) is 48.5 Å². The molecule has 0 saturated heterocycles. The molecule has 0 aliphatic heterocycles. The van der Waals surface area contributed by atoms with Crippen molar-refractivity contribution in [2.75, 3.05) is 12.4 Å². The van der Waals surface area contributed by atoms with Gasteiger partial charge in [0.1, 0.15) is 5.75 Å². The number of benzene rings is 2. The van der Waals surface area contributed by atoms with Crippen LogP contribution in [0.25, 0.3) is 5.69 Å². The second-order valence-electron chi connectivity index (χ2n) is 4.65. The third-order valence-corrected chi connectivity index (χ3v) is 3.43. The molecule has 1 aromatic heterocycles. The largest absolute Gasteiger partial charge is 0.497 e. The van der Waals surface area contributed by atoms with Gasteiger partial charge >= 0.3 is 0 Å². The molecule has 0 aliphatic carbocycles. The van der Waals surface area contributed by atoms with E-state index in [0.717, 1.165) is 5.69 Å². The zero-order valence-electron chi connectivity index (χ0n) is 12.2. The Hall–Kier alpha value is -3.00. The van der Waals surface area contributed by atoms with Gasteiger partial charge in [0.05, 0.1) is 12.8 Å². The Kier molecular flexibility index (Phi) is 4.15. The fourth-order valence-corrected chi connectivity index (χ4v) is 2.24. The summed E-state index contributed by atoms with van der Waals surface area (Å²) < 4.78 is 6.97. The number of tetrazole rings is 1. The van der Waals surface area contributed by atoms with Gasteiger partial charge in [-0.2, -0.15) is 5.21 Å². The molecule has 0 unspecified atom stereocenters. The number of H-pyrrole nitrogens is 1. The van der Waals surface area contributed by atoms with Crippen molar-refractivity contribution < 1.29 is 9.53 Å². The Labute approximate surface area is 136 Å². The lowest BCUT2D eigenvalue weighted by Crippen LogP contribution is -2.12. The van der Waals surface area contributed by atoms with Crippen molar-refractivity contribution in [3.63, 3.8) is 0 Å². The number of carbonyl (C=O) groups is 1. The Morgan fingerprint density at radius 2 is 2.09 bits per heavy atom. The summed E-state index contributed by atoms with van der Waals surface area (Å²) >= 11 is 5.06. The number of ether oxygens (including phenoxy) is 1. The molecule has 3 aromatic rings. The van der Waals surface area contributed by atoms with Gasteiger partial charge in [-0.25, -0.2) is 4.68 Å². The van der Waals surface area contributed by atoms with E-state index in [1.54, 1.807) is 49.6 Å². The van der Waals surface area contributed by atoms with Crippen LogP contribution in [0.3, 0.4) is 0 Å². The maximum absolute atomic E-state index is 12.3. The van der Waals surface area contributed by atoms with Gasteiger partial charge in [-0.05, 0) is 48.6 Å². The average Bonchev–Trinajstić information content (AvgIpc) is 3.01. The predicted octanol–water partition coefficient (Wildman–Crippen LogP) is 2.59. The predicted molar refractivity (Wildman–Crippen MR) is 87.5 cm³/mol. The highest BCUT2D eigenvalue weighted by molar-refractivity contribution is 7.71. The Morgan fingerprint density at radius 3 is 2.83 bits per heavy atom. The zero-order valence-corrected chi connectivity index (χ0v) is 13.0. The molecule has 1 heterocycles. The summed E-state index contributed by atoms with van der Waals surface area (Å²) in [6.07, 6.45) is 0. The molecule has 0 aliphatic rings. The molecule has 0 radical (unpaired) electrons. The number of rotatable bonds is 4. The number of methoxy groups -OCH3 is 1. The van der Waals surface area contributed by atoms with Crippen LogP contribution in [0.5, 0.6) is 5.75 Å². The van der Waals surface area contributed by atoms with Crippen LogP contribution >= 0.6 is 12.2 Å². The van der Waals surface area contributed by atoms with Crippen LogP contribution in [0.2, 0.25) is 0 Å². The van der Waals surface area contributed by atoms with E-state index in [2.05, 4.69) is 20.8 Å². The maximum Gasteiger partial charge on any atom is 0.255 e. The fraction of sp³-hybridized carbons (Fsp3) is 0.0667. The normalized spacial score (nSPS) is 10.3. The van der Waals surface area contributed by atoms with Crippen LogP contribution in [-0.2, 0) is 0 Å². The molecule has 0 spiro atoms. The molecule has 3 rings (SSSR count). The molecule has 0 fully saturated rings. The van der Waals surface area contributed by atoms with Gasteiger partial charge in [0, 0.05) is 11.3 Å². The number of amides is 1. The highest BCUT2D eigenvalue weighted by Crippen LogP contribution is 2.17. The van der Waals surface area contributed by atoms with Crippen LogP contribution in [-0.4, -0.2) is 33.2 Å². The first-order chi connectivity index (χ1) is 11.2. The Morgan fingerprint density at radius 1 is 1.26 bits per heavy atom. The van der Waals surface area contributed by atoms with Crippen LogP contribution in [0.4, 0.5) is 5.69 Å². The smallest absolute Gasteiger partial charge is 0.255 e. The van der Waals surface area contributed by atoms with E-state index in [1.165, 1.54) is 4.68 Å². The number of aromatic amines is 1. The SMILES string of the molecule is COc1cccc(C(=O)Nc2cccc(-n3[nH]nnc3=S)c2)c1. The molecule has 2 aromatic carbocycles. The standard InChI is InChI=1S/C15H13N5O2S/c1-22-13-7-2-4-10(8-13)14(21)16-11-5-3-6-12(9-11)20-15(23)17-18-19-20/h2-9H,1H3,(H,16,21)(H,17,19,23). The van der Waals surface area contributed by atoms with Crippen molar-refractivity contribution in [1.82, 2.24) is 20.2 Å². The van der Waals surface area contributed by atoms with E-state index in [-0.39, 0.29) is 5.91 Å². The first kappa shape index (κ1) is 14.9. The second-order valence-corrected chi connectivity index (χ2v) is 5.02. The summed E-state index contributed by atoms with van der Waals surface area (Å²) in [6.45, 7) is 0. The van der Waals surface area contributed by atoms with E-state index in [1.807, 2.05) is 6.07 Å². The van der Waals surface area contributed by atoms with Crippen molar-refractivity contribution in [2.24, 2.45) is 0 Å². The number of hydrogen-bond acceptors (Lipinski definition) is 5. The summed E-state index contributed by atoms with van der Waals surface area (Å²) in [6, 6.07) is 14.1. The molecule has 23 heavy (non-hydrogen) atoms. The summed E-state index contributed by atoms with van der Waals surface area (Å²) in [4.78, 5) is 12.3. The number of nitrogens with one attached hydrogen (secondary N) is 2. The molecule has 0 saturated carbocycles. The lowest BCUT2D eigenvalue weighted by molar-refractivity contribution is 0.102. The van der Waals surface area contributed by atoms with Gasteiger partial charge in [-0.15, -0.1) is 0 Å². The first-order valence-corrected chi connectivity index (χ1v) is 7.14. The summed E-state index contributed by atoms with van der Waals surface area (Å²) in [5.74, 6) is 0.397. The van der Waals surface area contributed by atoms with Crippen molar-refractivity contribution in [3.8, 4) is 11.4 Å². The third-order valence-electron chi connectivity index (χ3n) is 3.17. The van der Waals surface area contributed by atoms with Gasteiger partial charge in [-0.1, -0.05) is 22.4 Å². The maximum atomic E-state index is 12.3. The van der Waals surface area contributed by atoms with E-state index >= 15 is 0 Å². The highest BCUT2D eigenvalue weighted by atomic mass is 32.1. The molecule has 0 bridgehead atoms. The molecule has 7 nitrogen and oxygen atoms in total. The monoisotopic (exact) mass is 327 g/mol. The van der Waals surface area contributed by atoms with Gasteiger partial charge in [0.25, 0.3) is 5.91 Å². The zero-order chi connectivity index (χ0) is 16.2. The number of hydrogen-bond donors (Lipinski definition) is 2. The lowest BCUT2D eigenvalue weighted by atomic mass is 10.2. The van der Waals surface area contributed by atoms with Crippen molar-refractivity contribution in [3.05, 3.63) is 58.9 Å². The Bertz CT molecular complexity index is 902. The second kappa shape index (κ2) is 6.41. The summed E-state index contributed by atoms with van der Waals surface area (Å²) in [5, 5.41) is 12.9. The molecular weight excluding hydrogens is 314 g/mol. The quantitative estimate of drug-likeness (QED) is 0.720. The number of aromatic nitrogens is 4. The van der Waals surface area contributed by atoms with E-state index in [0.29, 0.717) is 21.8 Å². The van der Waals surface area contributed by atoms with Gasteiger partial charge in [0.2, 0.25) is 4.77 Å². The van der Waals surface area contributed by atoms with Crippen molar-refractivity contribution in [1.29, 1.82) is 0 Å². The summed E-state index contributed by atoms with van der Waals surface area (Å²) in [7, 11) is 1.56. The van der Waals surface area contributed by atoms with Crippen LogP contribution in [0, 0.1) is 4.77 Å². The van der Waals surface area contributed by atoms with Gasteiger partial charge in [0.15, 0.2) is 0 Å². The van der Waals surface area contributed by atoms with Gasteiger partial charge in [-0.3, -0.25) is 4.79 Å². The number of nitrogens with zero attached hydrogens (tertiary/aromatic N) is 3. The van der Waals surface area contributed by atoms with E-state index < -0.39 is 0 Å². The van der Waals surface area contributed by atoms with E-state index in [9.17, 15) is 4.79 Å². The molecular formula is C15H13N5O2S. The lowest BCUT2D eigenvalue weighted by Gasteiger charge is -2.08. The molecule has 116 valence electrons. The minimum atomic E-state index is -0.229. The highest BCUT2D eigenvalue weighted by Gasteiger charge is 2.08. The Balaban J connectivity index is 1.84. The molecule has 2 N–H and O–H groups in total. The topological polar surface area (TPSA) is 84.8 Å². The fourth-order valence-electron chi connectivity index (χ4n) is 2.06. The number of carbonyl (C=O) groups excluding carboxylic acids is 1. The molecule has 8 heteroatoms. The first-order valence-electron chi connectivity index (χ1n) is 6.73. The van der Waals surface area contributed by atoms with Crippen LogP contribution < -0.4 is 10.1 Å². The third kappa shape index (κ3) is 3.27. The average molecular weight is 327 g/mol. The summed E-state index contributed by atoms with van der Waals surface area (Å²) in [5.41, 5.74) is 1.87.